The lowest BCUT2D eigenvalue weighted by atomic mass is 10.1. The van der Waals surface area contributed by atoms with Crippen molar-refractivity contribution >= 4 is 17.9 Å². The van der Waals surface area contributed by atoms with E-state index in [1.54, 1.807) is 0 Å². The molecule has 6 nitrogen and oxygen atoms in total. The molecule has 0 bridgehead atoms. The van der Waals surface area contributed by atoms with Crippen LogP contribution in [0.15, 0.2) is 97.2 Å². The summed E-state index contributed by atoms with van der Waals surface area (Å²) in [6, 6.07) is 0. The molecule has 0 aromatic carbocycles. The van der Waals surface area contributed by atoms with Gasteiger partial charge >= 0.3 is 17.9 Å². The van der Waals surface area contributed by atoms with E-state index in [2.05, 4.69) is 118 Å². The van der Waals surface area contributed by atoms with Crippen LogP contribution in [0.25, 0.3) is 0 Å². The molecule has 65 heavy (non-hydrogen) atoms. The molecule has 370 valence electrons. The van der Waals surface area contributed by atoms with Crippen molar-refractivity contribution in [1.29, 1.82) is 0 Å². The number of ether oxygens (including phenoxy) is 3. The maximum Gasteiger partial charge on any atom is 0.306 e. The van der Waals surface area contributed by atoms with Gasteiger partial charge in [-0.25, -0.2) is 0 Å². The first-order valence-corrected chi connectivity index (χ1v) is 26.7. The Labute approximate surface area is 400 Å². The van der Waals surface area contributed by atoms with Crippen LogP contribution in [0, 0.1) is 0 Å². The normalized spacial score (nSPS) is 12.8. The van der Waals surface area contributed by atoms with Gasteiger partial charge in [0.25, 0.3) is 0 Å². The number of esters is 3. The van der Waals surface area contributed by atoms with E-state index in [1.165, 1.54) is 103 Å². The second-order valence-corrected chi connectivity index (χ2v) is 17.4. The van der Waals surface area contributed by atoms with Crippen LogP contribution in [0.1, 0.15) is 239 Å². The third-order valence-corrected chi connectivity index (χ3v) is 11.1. The molecule has 0 aliphatic rings. The van der Waals surface area contributed by atoms with Crippen LogP contribution < -0.4 is 0 Å². The highest BCUT2D eigenvalue weighted by molar-refractivity contribution is 5.71. The molecule has 0 amide bonds. The molecule has 0 radical (unpaired) electrons. The Bertz CT molecular complexity index is 1310. The van der Waals surface area contributed by atoms with Crippen molar-refractivity contribution < 1.29 is 28.6 Å². The molecule has 0 aliphatic heterocycles. The van der Waals surface area contributed by atoms with Gasteiger partial charge in [-0.2, -0.15) is 0 Å². The zero-order valence-electron chi connectivity index (χ0n) is 42.2. The lowest BCUT2D eigenvalue weighted by Crippen LogP contribution is -2.30. The third-order valence-electron chi connectivity index (χ3n) is 11.1. The monoisotopic (exact) mass is 903 g/mol. The summed E-state index contributed by atoms with van der Waals surface area (Å²) >= 11 is 0. The topological polar surface area (TPSA) is 78.9 Å². The van der Waals surface area contributed by atoms with Crippen molar-refractivity contribution in [2.24, 2.45) is 0 Å². The molecular formula is C59H98O6. The number of unbranched alkanes of at least 4 members (excludes halogenated alkanes) is 20. The van der Waals surface area contributed by atoms with E-state index < -0.39 is 6.10 Å². The van der Waals surface area contributed by atoms with E-state index >= 15 is 0 Å². The van der Waals surface area contributed by atoms with Gasteiger partial charge in [0.05, 0.1) is 0 Å². The van der Waals surface area contributed by atoms with Crippen molar-refractivity contribution in [1.82, 2.24) is 0 Å². The van der Waals surface area contributed by atoms with Gasteiger partial charge in [0.1, 0.15) is 13.2 Å². The summed E-state index contributed by atoms with van der Waals surface area (Å²) in [5, 5.41) is 0. The molecule has 1 atom stereocenters. The number of carbonyl (C=O) groups is 3. The van der Waals surface area contributed by atoms with E-state index in [-0.39, 0.29) is 37.5 Å². The van der Waals surface area contributed by atoms with Gasteiger partial charge in [0.15, 0.2) is 6.10 Å². The molecule has 0 aromatic heterocycles. The molecule has 0 rings (SSSR count). The highest BCUT2D eigenvalue weighted by atomic mass is 16.6. The first-order valence-electron chi connectivity index (χ1n) is 26.7. The second kappa shape index (κ2) is 52.9. The average Bonchev–Trinajstić information content (AvgIpc) is 3.30. The van der Waals surface area contributed by atoms with Gasteiger partial charge < -0.3 is 14.2 Å². The van der Waals surface area contributed by atoms with E-state index in [4.69, 9.17) is 14.2 Å². The molecule has 0 aromatic rings. The van der Waals surface area contributed by atoms with Gasteiger partial charge in [0.2, 0.25) is 0 Å². The van der Waals surface area contributed by atoms with Crippen molar-refractivity contribution in [3.8, 4) is 0 Å². The largest absolute Gasteiger partial charge is 0.462 e. The van der Waals surface area contributed by atoms with Crippen LogP contribution in [-0.4, -0.2) is 37.2 Å². The maximum atomic E-state index is 12.8. The van der Waals surface area contributed by atoms with Crippen molar-refractivity contribution in [2.45, 2.75) is 245 Å². The zero-order chi connectivity index (χ0) is 47.2. The van der Waals surface area contributed by atoms with Crippen molar-refractivity contribution in [3.63, 3.8) is 0 Å². The summed E-state index contributed by atoms with van der Waals surface area (Å²) in [7, 11) is 0. The van der Waals surface area contributed by atoms with E-state index in [9.17, 15) is 14.4 Å². The molecule has 0 saturated carbocycles. The Kier molecular flexibility index (Phi) is 50.0. The van der Waals surface area contributed by atoms with Crippen LogP contribution in [-0.2, 0) is 28.6 Å². The Hall–Kier alpha value is -3.67. The molecule has 0 saturated heterocycles. The number of hydrogen-bond acceptors (Lipinski definition) is 6. The predicted octanol–water partition coefficient (Wildman–Crippen LogP) is 17.8. The molecule has 0 unspecified atom stereocenters. The molecule has 6 heteroatoms. The van der Waals surface area contributed by atoms with Crippen molar-refractivity contribution in [2.75, 3.05) is 13.2 Å². The maximum absolute atomic E-state index is 12.8. The summed E-state index contributed by atoms with van der Waals surface area (Å²) in [5.41, 5.74) is 0. The Morgan fingerprint density at radius 2 is 0.569 bits per heavy atom. The summed E-state index contributed by atoms with van der Waals surface area (Å²) in [4.78, 5) is 38.0. The average molecular weight is 903 g/mol. The summed E-state index contributed by atoms with van der Waals surface area (Å²) in [6.45, 7) is 6.49. The van der Waals surface area contributed by atoms with Gasteiger partial charge in [-0.1, -0.05) is 214 Å². The van der Waals surface area contributed by atoms with Crippen LogP contribution >= 0.6 is 0 Å². The molecular weight excluding hydrogens is 805 g/mol. The molecule has 0 N–H and O–H groups in total. The van der Waals surface area contributed by atoms with Crippen LogP contribution in [0.4, 0.5) is 0 Å². The molecule has 0 heterocycles. The van der Waals surface area contributed by atoms with E-state index in [0.29, 0.717) is 19.3 Å². The van der Waals surface area contributed by atoms with Gasteiger partial charge in [-0.05, 0) is 103 Å². The summed E-state index contributed by atoms with van der Waals surface area (Å²) < 4.78 is 16.7. The number of hydrogen-bond donors (Lipinski definition) is 0. The minimum atomic E-state index is -0.818. The first kappa shape index (κ1) is 61.3. The summed E-state index contributed by atoms with van der Waals surface area (Å²) in [6.07, 6.45) is 69.6. The Balaban J connectivity index is 4.52. The third kappa shape index (κ3) is 51.2. The fourth-order valence-corrected chi connectivity index (χ4v) is 7.01. The van der Waals surface area contributed by atoms with E-state index in [0.717, 1.165) is 89.9 Å². The fourth-order valence-electron chi connectivity index (χ4n) is 7.01. The quantitative estimate of drug-likeness (QED) is 0.0262. The van der Waals surface area contributed by atoms with E-state index in [1.807, 2.05) is 0 Å². The zero-order valence-corrected chi connectivity index (χ0v) is 42.2. The Morgan fingerprint density at radius 3 is 0.938 bits per heavy atom. The Morgan fingerprint density at radius 1 is 0.308 bits per heavy atom. The lowest BCUT2D eigenvalue weighted by molar-refractivity contribution is -0.167. The lowest BCUT2D eigenvalue weighted by Gasteiger charge is -2.18. The highest BCUT2D eigenvalue weighted by Gasteiger charge is 2.19. The number of allylic oxidation sites excluding steroid dienone is 16. The molecule has 0 spiro atoms. The van der Waals surface area contributed by atoms with Gasteiger partial charge in [0, 0.05) is 19.3 Å². The van der Waals surface area contributed by atoms with Crippen LogP contribution in [0.3, 0.4) is 0 Å². The molecule has 0 fully saturated rings. The van der Waals surface area contributed by atoms with Crippen LogP contribution in [0.5, 0.6) is 0 Å². The summed E-state index contributed by atoms with van der Waals surface area (Å²) in [5.74, 6) is -1.00. The predicted molar refractivity (Wildman–Crippen MR) is 279 cm³/mol. The number of carbonyl (C=O) groups excluding carboxylic acids is 3. The fraction of sp³-hybridized carbons (Fsp3) is 0.678. The minimum absolute atomic E-state index is 0.109. The second-order valence-electron chi connectivity index (χ2n) is 17.4. The number of rotatable bonds is 47. The SMILES string of the molecule is CCCCC/C=C\C/C=C\C/C=C\C/C=C\CCCCCC(=O)OC[C@H](COC(=O)CCCCCCCCCCCCC)OC(=O)CCC/C=C\C/C=C\C/C=C\C/C=C\CCCCC. The highest BCUT2D eigenvalue weighted by Crippen LogP contribution is 2.13. The van der Waals surface area contributed by atoms with Crippen LogP contribution in [0.2, 0.25) is 0 Å². The standard InChI is InChI=1S/C59H98O6/c1-4-7-10-13-16-19-22-24-26-28-29-31-32-34-37-40-43-46-49-52-58(61)64-55-56(54-63-57(60)51-48-45-42-39-36-21-18-15-12-9-6-3)65-59(62)53-50-47-44-41-38-35-33-30-27-25-23-20-17-14-11-8-5-2/h16-17,19-20,24-27,29,31,33-35,37,41,44,56H,4-15,18,21-23,28,30,32,36,38-40,42-43,45-55H2,1-3H3/b19-16-,20-17-,26-24-,27-25-,31-29-,35-33-,37-34-,44-41-/t56-/m0/s1. The molecule has 0 aliphatic carbocycles. The minimum Gasteiger partial charge on any atom is -0.462 e. The smallest absolute Gasteiger partial charge is 0.306 e. The van der Waals surface area contributed by atoms with Gasteiger partial charge in [-0.15, -0.1) is 0 Å². The van der Waals surface area contributed by atoms with Gasteiger partial charge in [-0.3, -0.25) is 14.4 Å². The van der Waals surface area contributed by atoms with Crippen molar-refractivity contribution in [3.05, 3.63) is 97.2 Å². The first-order chi connectivity index (χ1) is 32.0.